The minimum Gasteiger partial charge on any atom is -0.367 e. The van der Waals surface area contributed by atoms with E-state index in [9.17, 15) is 4.79 Å². The molecule has 3 heterocycles. The van der Waals surface area contributed by atoms with Gasteiger partial charge in [0.1, 0.15) is 6.10 Å². The zero-order valence-electron chi connectivity index (χ0n) is 9.43. The van der Waals surface area contributed by atoms with Crippen LogP contribution >= 0.6 is 22.9 Å². The average Bonchev–Trinajstić information content (AvgIpc) is 2.79. The van der Waals surface area contributed by atoms with Crippen molar-refractivity contribution in [3.63, 3.8) is 0 Å². The molecule has 0 aromatic carbocycles. The highest BCUT2D eigenvalue weighted by atomic mass is 35.5. The predicted molar refractivity (Wildman–Crippen MR) is 70.5 cm³/mol. The van der Waals surface area contributed by atoms with Crippen LogP contribution in [0.4, 0.5) is 0 Å². The molecule has 0 N–H and O–H groups in total. The van der Waals surface area contributed by atoms with Crippen LogP contribution in [-0.4, -0.2) is 17.9 Å². The van der Waals surface area contributed by atoms with Gasteiger partial charge in [-0.25, -0.2) is 0 Å². The number of carbonyl (C=O) groups excluding carboxylic acids is 1. The largest absolute Gasteiger partial charge is 0.367 e. The molecular formula is C13H10ClNO2S. The molecule has 5 heteroatoms. The number of fused-ring (bicyclic) bond motifs is 1. The predicted octanol–water partition coefficient (Wildman–Crippen LogP) is 3.27. The van der Waals surface area contributed by atoms with E-state index in [1.807, 2.05) is 6.07 Å². The number of halogens is 1. The van der Waals surface area contributed by atoms with Crippen molar-refractivity contribution in [3.8, 4) is 0 Å². The second-order valence-corrected chi connectivity index (χ2v) is 5.73. The van der Waals surface area contributed by atoms with Crippen LogP contribution in [0.25, 0.3) is 0 Å². The summed E-state index contributed by atoms with van der Waals surface area (Å²) in [7, 11) is 0. The van der Waals surface area contributed by atoms with Crippen LogP contribution in [0, 0.1) is 0 Å². The van der Waals surface area contributed by atoms with Crippen LogP contribution in [0.3, 0.4) is 0 Å². The molecule has 0 saturated heterocycles. The molecule has 1 aliphatic heterocycles. The molecule has 0 radical (unpaired) electrons. The van der Waals surface area contributed by atoms with Gasteiger partial charge >= 0.3 is 0 Å². The first-order valence-electron chi connectivity index (χ1n) is 5.59. The van der Waals surface area contributed by atoms with Crippen molar-refractivity contribution >= 4 is 29.2 Å². The second-order valence-electron chi connectivity index (χ2n) is 4.04. The molecule has 0 saturated carbocycles. The average molecular weight is 280 g/mol. The van der Waals surface area contributed by atoms with Crippen LogP contribution in [0.2, 0.25) is 4.34 Å². The smallest absolute Gasteiger partial charge is 0.160 e. The van der Waals surface area contributed by atoms with Crippen LogP contribution in [0.1, 0.15) is 32.6 Å². The minimum atomic E-state index is -0.257. The first kappa shape index (κ1) is 11.8. The topological polar surface area (TPSA) is 39.2 Å². The Bertz CT molecular complexity index is 596. The van der Waals surface area contributed by atoms with E-state index in [1.165, 1.54) is 16.9 Å². The molecule has 3 rings (SSSR count). The van der Waals surface area contributed by atoms with Crippen LogP contribution in [0.15, 0.2) is 24.4 Å². The first-order valence-corrected chi connectivity index (χ1v) is 6.79. The molecule has 1 atom stereocenters. The molecule has 2 aromatic heterocycles. The number of rotatable bonds is 2. The highest BCUT2D eigenvalue weighted by Crippen LogP contribution is 2.38. The third kappa shape index (κ3) is 1.96. The molecule has 0 amide bonds. The van der Waals surface area contributed by atoms with Gasteiger partial charge in [-0.05, 0) is 24.1 Å². The van der Waals surface area contributed by atoms with E-state index in [0.29, 0.717) is 15.8 Å². The maximum Gasteiger partial charge on any atom is 0.160 e. The summed E-state index contributed by atoms with van der Waals surface area (Å²) in [5.41, 5.74) is 2.92. The number of aromatic nitrogens is 1. The summed E-state index contributed by atoms with van der Waals surface area (Å²) in [5, 5.41) is 0. The summed E-state index contributed by atoms with van der Waals surface area (Å²) in [4.78, 5) is 15.8. The summed E-state index contributed by atoms with van der Waals surface area (Å²) in [6.07, 6.45) is 3.17. The molecule has 0 bridgehead atoms. The molecule has 1 aliphatic rings. The number of nitrogens with zero attached hydrogens (tertiary/aromatic N) is 1. The molecule has 92 valence electrons. The van der Waals surface area contributed by atoms with Crippen molar-refractivity contribution in [3.05, 3.63) is 50.4 Å². The molecule has 3 nitrogen and oxygen atoms in total. The fourth-order valence-corrected chi connectivity index (χ4v) is 3.29. The zero-order valence-corrected chi connectivity index (χ0v) is 11.0. The first-order chi connectivity index (χ1) is 8.79. The maximum absolute atomic E-state index is 10.8. The van der Waals surface area contributed by atoms with Crippen LogP contribution < -0.4 is 0 Å². The van der Waals surface area contributed by atoms with Gasteiger partial charge in [0.2, 0.25) is 0 Å². The Labute approximate surface area is 113 Å². The third-order valence-electron chi connectivity index (χ3n) is 2.96. The summed E-state index contributed by atoms with van der Waals surface area (Å²) >= 11 is 7.45. The Hall–Kier alpha value is -1.23. The number of carbonyl (C=O) groups is 1. The lowest BCUT2D eigenvalue weighted by atomic mass is 10.00. The molecule has 18 heavy (non-hydrogen) atoms. The number of thiophene rings is 1. The van der Waals surface area contributed by atoms with E-state index in [-0.39, 0.29) is 6.10 Å². The van der Waals surface area contributed by atoms with E-state index in [4.69, 9.17) is 16.3 Å². The Morgan fingerprint density at radius 2 is 2.44 bits per heavy atom. The highest BCUT2D eigenvalue weighted by Gasteiger charge is 2.27. The Kier molecular flexibility index (Phi) is 3.16. The monoisotopic (exact) mass is 279 g/mol. The lowest BCUT2D eigenvalue weighted by Crippen LogP contribution is -2.18. The van der Waals surface area contributed by atoms with Crippen molar-refractivity contribution in [2.75, 3.05) is 6.61 Å². The number of hydrogen-bond donors (Lipinski definition) is 0. The van der Waals surface area contributed by atoms with E-state index in [1.54, 1.807) is 12.3 Å². The van der Waals surface area contributed by atoms with Crippen LogP contribution in [0.5, 0.6) is 0 Å². The molecule has 2 aromatic rings. The Morgan fingerprint density at radius 3 is 3.22 bits per heavy atom. The van der Waals surface area contributed by atoms with Crippen LogP contribution in [-0.2, 0) is 11.2 Å². The summed E-state index contributed by atoms with van der Waals surface area (Å²) in [6, 6.07) is 5.76. The molecular weight excluding hydrogens is 270 g/mol. The zero-order chi connectivity index (χ0) is 12.5. The number of ether oxygens (including phenoxy) is 1. The van der Waals surface area contributed by atoms with E-state index in [2.05, 4.69) is 11.1 Å². The van der Waals surface area contributed by atoms with Crippen molar-refractivity contribution in [2.24, 2.45) is 0 Å². The normalized spacial score (nSPS) is 18.4. The van der Waals surface area contributed by atoms with Gasteiger partial charge in [-0.1, -0.05) is 17.7 Å². The van der Waals surface area contributed by atoms with Gasteiger partial charge in [-0.2, -0.15) is 0 Å². The molecule has 1 unspecified atom stereocenters. The lowest BCUT2D eigenvalue weighted by molar-refractivity contribution is 0.0667. The Morgan fingerprint density at radius 1 is 1.56 bits per heavy atom. The second kappa shape index (κ2) is 4.80. The van der Waals surface area contributed by atoms with Gasteiger partial charge in [0.05, 0.1) is 21.5 Å². The lowest BCUT2D eigenvalue weighted by Gasteiger charge is -2.24. The fourth-order valence-electron chi connectivity index (χ4n) is 2.14. The molecule has 0 aliphatic carbocycles. The third-order valence-corrected chi connectivity index (χ3v) is 4.28. The minimum absolute atomic E-state index is 0.257. The quantitative estimate of drug-likeness (QED) is 0.792. The summed E-state index contributed by atoms with van der Waals surface area (Å²) in [6.45, 7) is 0.645. The van der Waals surface area contributed by atoms with Gasteiger partial charge in [-0.3, -0.25) is 9.78 Å². The Balaban J connectivity index is 2.07. The molecule has 0 fully saturated rings. The van der Waals surface area contributed by atoms with Gasteiger partial charge < -0.3 is 4.74 Å². The van der Waals surface area contributed by atoms with E-state index >= 15 is 0 Å². The van der Waals surface area contributed by atoms with Gasteiger partial charge in [0.15, 0.2) is 6.29 Å². The number of pyridine rings is 1. The maximum atomic E-state index is 10.8. The summed E-state index contributed by atoms with van der Waals surface area (Å²) in [5.74, 6) is 0. The summed E-state index contributed by atoms with van der Waals surface area (Å²) < 4.78 is 6.37. The molecule has 0 spiro atoms. The number of hydrogen-bond acceptors (Lipinski definition) is 4. The van der Waals surface area contributed by atoms with Crippen molar-refractivity contribution in [1.82, 2.24) is 4.98 Å². The SMILES string of the molecule is O=Cc1cc(C2OCCc3cccnc32)c(Cl)s1. The van der Waals surface area contributed by atoms with Gasteiger partial charge in [0, 0.05) is 11.8 Å². The van der Waals surface area contributed by atoms with Gasteiger partial charge in [-0.15, -0.1) is 11.3 Å². The van der Waals surface area contributed by atoms with E-state index < -0.39 is 0 Å². The number of aldehydes is 1. The van der Waals surface area contributed by atoms with Crippen molar-refractivity contribution in [1.29, 1.82) is 0 Å². The highest BCUT2D eigenvalue weighted by molar-refractivity contribution is 7.17. The standard InChI is InChI=1S/C13H10ClNO2S/c14-13-10(6-9(7-16)18-13)12-11-8(3-5-17-12)2-1-4-15-11/h1-2,4,6-7,12H,3,5H2. The fraction of sp³-hybridized carbons (Fsp3) is 0.231. The van der Waals surface area contributed by atoms with E-state index in [0.717, 1.165) is 24.0 Å². The van der Waals surface area contributed by atoms with Gasteiger partial charge in [0.25, 0.3) is 0 Å². The van der Waals surface area contributed by atoms with Crippen molar-refractivity contribution in [2.45, 2.75) is 12.5 Å². The van der Waals surface area contributed by atoms with Crippen molar-refractivity contribution < 1.29 is 9.53 Å².